The molecule has 0 spiro atoms. The highest BCUT2D eigenvalue weighted by Gasteiger charge is 2.44. The summed E-state index contributed by atoms with van der Waals surface area (Å²) in [6.45, 7) is 14.3. The van der Waals surface area contributed by atoms with Crippen LogP contribution in [-0.4, -0.2) is 138 Å². The van der Waals surface area contributed by atoms with Crippen molar-refractivity contribution in [3.8, 4) is 16.2 Å². The molecule has 392 valence electrons. The molecule has 0 bridgehead atoms. The zero-order chi connectivity index (χ0) is 51.5. The number of ketones is 1. The number of hydrogen-bond acceptors (Lipinski definition) is 15. The van der Waals surface area contributed by atoms with Gasteiger partial charge in [0.05, 0.1) is 28.8 Å². The molecule has 1 aliphatic carbocycles. The number of thiazole rings is 1. The van der Waals surface area contributed by atoms with E-state index in [4.69, 9.17) is 18.9 Å². The zero-order valence-electron chi connectivity index (χ0n) is 43.1. The largest absolute Gasteiger partial charge is 0.494 e. The Morgan fingerprint density at radius 1 is 0.889 bits per heavy atom. The van der Waals surface area contributed by atoms with Gasteiger partial charge in [0.15, 0.2) is 5.78 Å². The molecular formula is C54H76N8O9S. The van der Waals surface area contributed by atoms with Gasteiger partial charge in [-0.05, 0) is 86.8 Å². The summed E-state index contributed by atoms with van der Waals surface area (Å²) in [4.78, 5) is 70.7. The number of β-amino-alcohol motifs (C(OH)–C–C–N with tert-alkyl or cyclic N) is 1. The number of aliphatic hydroxyl groups is 1. The van der Waals surface area contributed by atoms with Gasteiger partial charge in [-0.15, -0.1) is 11.3 Å². The molecule has 1 saturated heterocycles. The molecule has 3 atom stereocenters. The second-order valence-corrected chi connectivity index (χ2v) is 20.8. The normalized spacial score (nSPS) is 16.2. The van der Waals surface area contributed by atoms with Crippen LogP contribution in [-0.2, 0) is 39.9 Å². The van der Waals surface area contributed by atoms with Crippen molar-refractivity contribution >= 4 is 52.3 Å². The number of aromatic nitrogens is 3. The number of aliphatic hydroxyl groups excluding tert-OH is 1. The van der Waals surface area contributed by atoms with Crippen molar-refractivity contribution in [2.75, 3.05) is 83.6 Å². The number of aryl methyl sites for hydroxylation is 2. The maximum atomic E-state index is 14.0. The van der Waals surface area contributed by atoms with Gasteiger partial charge in [0.1, 0.15) is 24.2 Å². The maximum absolute atomic E-state index is 14.0. The highest BCUT2D eigenvalue weighted by atomic mass is 32.1. The van der Waals surface area contributed by atoms with Gasteiger partial charge >= 0.3 is 0 Å². The van der Waals surface area contributed by atoms with Crippen LogP contribution in [0.25, 0.3) is 10.4 Å². The van der Waals surface area contributed by atoms with E-state index in [9.17, 15) is 24.3 Å². The number of anilines is 3. The number of ether oxygens (including phenoxy) is 4. The Morgan fingerprint density at radius 3 is 2.22 bits per heavy atom. The third kappa shape index (κ3) is 17.3. The second-order valence-electron chi connectivity index (χ2n) is 20.0. The number of Topliss-reactive ketones (excluding diaryl/α,β-unsaturated/α-hetero) is 1. The fraction of sp³-hybridized carbons (Fsp3) is 0.574. The lowest BCUT2D eigenvalue weighted by Crippen LogP contribution is -2.50. The van der Waals surface area contributed by atoms with E-state index in [2.05, 4.69) is 30.9 Å². The van der Waals surface area contributed by atoms with E-state index < -0.39 is 23.5 Å². The highest BCUT2D eigenvalue weighted by molar-refractivity contribution is 7.13. The Labute approximate surface area is 429 Å². The second kappa shape index (κ2) is 28.1. The smallest absolute Gasteiger partial charge is 0.243 e. The Morgan fingerprint density at radius 2 is 1.57 bits per heavy atom. The molecule has 6 rings (SSSR count). The van der Waals surface area contributed by atoms with Crippen LogP contribution in [0, 0.1) is 31.1 Å². The van der Waals surface area contributed by atoms with Crippen LogP contribution >= 0.6 is 11.3 Å². The van der Waals surface area contributed by atoms with E-state index >= 15 is 0 Å². The fourth-order valence-corrected chi connectivity index (χ4v) is 9.30. The molecule has 1 saturated carbocycles. The van der Waals surface area contributed by atoms with Gasteiger partial charge in [-0.2, -0.15) is 4.98 Å². The van der Waals surface area contributed by atoms with Crippen LogP contribution < -0.4 is 20.7 Å². The number of amides is 3. The van der Waals surface area contributed by atoms with Crippen molar-refractivity contribution in [3.63, 3.8) is 0 Å². The minimum atomic E-state index is -0.832. The summed E-state index contributed by atoms with van der Waals surface area (Å²) < 4.78 is 23.1. The van der Waals surface area contributed by atoms with Crippen LogP contribution in [0.1, 0.15) is 95.4 Å². The number of carbonyl (C=O) groups excluding carboxylic acids is 4. The average molecular weight is 1010 g/mol. The van der Waals surface area contributed by atoms with E-state index in [1.165, 1.54) is 4.90 Å². The van der Waals surface area contributed by atoms with Crippen molar-refractivity contribution in [1.29, 1.82) is 0 Å². The van der Waals surface area contributed by atoms with Crippen molar-refractivity contribution < 1.29 is 43.2 Å². The van der Waals surface area contributed by atoms with Crippen molar-refractivity contribution in [2.24, 2.45) is 17.3 Å². The lowest BCUT2D eigenvalue weighted by molar-refractivity contribution is -0.146. The predicted octanol–water partition coefficient (Wildman–Crippen LogP) is 7.52. The van der Waals surface area contributed by atoms with Gasteiger partial charge in [-0.1, -0.05) is 51.5 Å². The predicted molar refractivity (Wildman–Crippen MR) is 279 cm³/mol. The summed E-state index contributed by atoms with van der Waals surface area (Å²) in [5, 5.41) is 20.1. The SMILES string of the molecule is Cc1cnc(Nc2ccc(OCCCOCCCCOCCCOCC(=O)C[C@@H](C(=O)N3C[C@@H](O)C[C@@H]3C(=O)NCc3ccc(-c4scnc4C)cc3)C(C)(C)C)cc2)nc1NCCN(C)C(=O)C1CCC1. The number of nitrogens with one attached hydrogen (secondary N) is 3. The molecule has 18 heteroatoms. The van der Waals surface area contributed by atoms with Gasteiger partial charge < -0.3 is 49.8 Å². The molecule has 3 amide bonds. The van der Waals surface area contributed by atoms with Gasteiger partial charge in [0.2, 0.25) is 23.7 Å². The Kier molecular flexibility index (Phi) is 21.7. The van der Waals surface area contributed by atoms with Gasteiger partial charge in [0, 0.05) is 115 Å². The molecule has 0 radical (unpaired) electrons. The number of rotatable bonds is 30. The molecule has 72 heavy (non-hydrogen) atoms. The summed E-state index contributed by atoms with van der Waals surface area (Å²) in [5.74, 6) is 0.866. The van der Waals surface area contributed by atoms with E-state index in [0.717, 1.165) is 83.0 Å². The molecular weight excluding hydrogens is 937 g/mol. The molecule has 2 aliphatic rings. The van der Waals surface area contributed by atoms with E-state index in [1.807, 2.05) is 95.7 Å². The number of likely N-dealkylation sites (tertiary alicyclic amines) is 1. The lowest BCUT2D eigenvalue weighted by atomic mass is 9.77. The molecule has 3 heterocycles. The Hall–Kier alpha value is -5.53. The monoisotopic (exact) mass is 1010 g/mol. The standard InChI is InChI=1S/C54H76N8O9S/c1-37-32-57-53(60-49(37)55-22-23-61(6)51(66)41-12-9-13-41)59-42-18-20-45(21-19-42)71-29-11-27-69-25-8-7-24-68-26-10-28-70-35-44(64)30-46(54(3,4)5)52(67)62-34-43(63)31-47(62)50(65)56-33-39-14-16-40(17-15-39)48-38(2)58-36-72-48/h14-21,32,36,41,43,46-47,63H,7-13,22-31,33-35H2,1-6H3,(H,56,65)(H2,55,57,59,60)/t43-,46-,47+/m0/s1. The van der Waals surface area contributed by atoms with Crippen LogP contribution in [0.5, 0.6) is 5.75 Å². The lowest BCUT2D eigenvalue weighted by Gasteiger charge is -2.34. The van der Waals surface area contributed by atoms with Crippen molar-refractivity contribution in [1.82, 2.24) is 30.1 Å². The molecule has 2 aromatic heterocycles. The molecule has 4 N–H and O–H groups in total. The molecule has 1 aliphatic heterocycles. The van der Waals surface area contributed by atoms with E-state index in [1.54, 1.807) is 22.4 Å². The third-order valence-corrected chi connectivity index (χ3v) is 14.1. The first-order chi connectivity index (χ1) is 34.7. The number of hydrogen-bond donors (Lipinski definition) is 4. The molecule has 2 fully saturated rings. The molecule has 17 nitrogen and oxygen atoms in total. The Balaban J connectivity index is 0.767. The zero-order valence-corrected chi connectivity index (χ0v) is 43.9. The van der Waals surface area contributed by atoms with Crippen LogP contribution in [0.2, 0.25) is 0 Å². The fourth-order valence-electron chi connectivity index (χ4n) is 8.49. The summed E-state index contributed by atoms with van der Waals surface area (Å²) >= 11 is 1.58. The first-order valence-electron chi connectivity index (χ1n) is 25.5. The minimum Gasteiger partial charge on any atom is -0.494 e. The number of unbranched alkanes of at least 4 members (excludes halogenated alkanes) is 1. The van der Waals surface area contributed by atoms with Crippen LogP contribution in [0.15, 0.2) is 60.2 Å². The Bertz CT molecular complexity index is 2340. The first-order valence-corrected chi connectivity index (χ1v) is 26.4. The maximum Gasteiger partial charge on any atom is 0.243 e. The molecule has 2 aromatic carbocycles. The van der Waals surface area contributed by atoms with E-state index in [-0.39, 0.29) is 62.0 Å². The first kappa shape index (κ1) is 55.8. The summed E-state index contributed by atoms with van der Waals surface area (Å²) in [5.41, 5.74) is 5.97. The van der Waals surface area contributed by atoms with Crippen LogP contribution in [0.3, 0.4) is 0 Å². The third-order valence-electron chi connectivity index (χ3n) is 13.1. The quantitative estimate of drug-likeness (QED) is 0.0373. The average Bonchev–Trinajstić information content (AvgIpc) is 3.96. The van der Waals surface area contributed by atoms with Crippen LogP contribution in [0.4, 0.5) is 17.5 Å². The molecule has 0 unspecified atom stereocenters. The van der Waals surface area contributed by atoms with Gasteiger partial charge in [0.25, 0.3) is 0 Å². The number of nitrogens with zero attached hydrogens (tertiary/aromatic N) is 5. The van der Waals surface area contributed by atoms with Gasteiger partial charge in [-0.25, -0.2) is 9.97 Å². The summed E-state index contributed by atoms with van der Waals surface area (Å²) in [7, 11) is 1.86. The minimum absolute atomic E-state index is 0.0237. The summed E-state index contributed by atoms with van der Waals surface area (Å²) in [6, 6.07) is 14.7. The molecule has 4 aromatic rings. The van der Waals surface area contributed by atoms with Crippen molar-refractivity contribution in [3.05, 3.63) is 77.1 Å². The van der Waals surface area contributed by atoms with Crippen molar-refractivity contribution in [2.45, 2.75) is 111 Å². The topological polar surface area (TPSA) is 207 Å². The number of likely N-dealkylation sites (N-methyl/N-ethyl adjacent to an activating group) is 1. The summed E-state index contributed by atoms with van der Waals surface area (Å²) in [6.07, 6.45) is 7.33. The van der Waals surface area contributed by atoms with E-state index in [0.29, 0.717) is 65.1 Å². The highest BCUT2D eigenvalue weighted by Crippen LogP contribution is 2.34. The van der Waals surface area contributed by atoms with Gasteiger partial charge in [-0.3, -0.25) is 19.2 Å². The number of benzene rings is 2. The number of carbonyl (C=O) groups is 4.